The number of quaternary nitrogens is 1. The predicted molar refractivity (Wildman–Crippen MR) is 99.9 cm³/mol. The topological polar surface area (TPSA) is 115 Å². The van der Waals surface area contributed by atoms with Gasteiger partial charge in [-0.25, -0.2) is 9.59 Å². The Bertz CT molecular complexity index is 747. The highest BCUT2D eigenvalue weighted by Gasteiger charge is 2.38. The lowest BCUT2D eigenvalue weighted by molar-refractivity contribution is -0.916. The summed E-state index contributed by atoms with van der Waals surface area (Å²) in [6.45, 7) is 3.09. The Balaban J connectivity index is 1.97. The molecular weight excluding hydrogens is 368 g/mol. The van der Waals surface area contributed by atoms with Crippen LogP contribution in [-0.2, 0) is 14.3 Å². The normalized spacial score (nSPS) is 25.5. The fourth-order valence-corrected chi connectivity index (χ4v) is 4.52. The number of thiophene rings is 1. The first kappa shape index (κ1) is 19.4. The Morgan fingerprint density at radius 3 is 2.89 bits per heavy atom. The van der Waals surface area contributed by atoms with Crippen LogP contribution in [0.2, 0.25) is 0 Å². The maximum Gasteiger partial charge on any atom is 0.338 e. The van der Waals surface area contributed by atoms with Crippen molar-refractivity contribution >= 4 is 29.2 Å². The first-order valence-corrected chi connectivity index (χ1v) is 10.0. The fraction of sp³-hybridized carbons (Fsp3) is 0.500. The van der Waals surface area contributed by atoms with E-state index in [9.17, 15) is 14.4 Å². The summed E-state index contributed by atoms with van der Waals surface area (Å²) in [6, 6.07) is 2.49. The van der Waals surface area contributed by atoms with Gasteiger partial charge in [-0.05, 0) is 31.2 Å². The van der Waals surface area contributed by atoms with Gasteiger partial charge in [-0.1, -0.05) is 6.07 Å². The van der Waals surface area contributed by atoms with Gasteiger partial charge in [0.1, 0.15) is 6.54 Å². The molecule has 1 fully saturated rings. The van der Waals surface area contributed by atoms with Crippen molar-refractivity contribution in [1.29, 1.82) is 0 Å². The molecule has 0 saturated carbocycles. The first-order chi connectivity index (χ1) is 13.0. The summed E-state index contributed by atoms with van der Waals surface area (Å²) in [5.41, 5.74) is 6.46. The Hall–Kier alpha value is -2.39. The maximum atomic E-state index is 12.7. The average Bonchev–Trinajstić information content (AvgIpc) is 3.16. The van der Waals surface area contributed by atoms with E-state index >= 15 is 0 Å². The SMILES string of the molecule is CCOC(=O)C1=C(C[NH+]2CCCC[C@@H]2C(N)=O)NC(=O)N[C@@H]1c1cccs1. The minimum absolute atomic E-state index is 0.237. The van der Waals surface area contributed by atoms with E-state index in [0.717, 1.165) is 29.2 Å². The second-order valence-corrected chi connectivity index (χ2v) is 7.67. The van der Waals surface area contributed by atoms with Gasteiger partial charge >= 0.3 is 12.0 Å². The lowest BCUT2D eigenvalue weighted by atomic mass is 9.98. The number of esters is 1. The molecule has 2 aliphatic rings. The predicted octanol–water partition coefficient (Wildman–Crippen LogP) is -0.158. The molecule has 1 aromatic rings. The van der Waals surface area contributed by atoms with Crippen LogP contribution in [0.25, 0.3) is 0 Å². The summed E-state index contributed by atoms with van der Waals surface area (Å²) in [6.07, 6.45) is 2.64. The molecule has 3 heterocycles. The molecule has 3 atom stereocenters. The highest BCUT2D eigenvalue weighted by atomic mass is 32.1. The van der Waals surface area contributed by atoms with E-state index in [4.69, 9.17) is 10.5 Å². The number of nitrogens with two attached hydrogens (primary N) is 1. The summed E-state index contributed by atoms with van der Waals surface area (Å²) in [5.74, 6) is -0.816. The van der Waals surface area contributed by atoms with Gasteiger partial charge in [-0.15, -0.1) is 11.3 Å². The number of carbonyl (C=O) groups is 3. The molecule has 1 unspecified atom stereocenters. The third-order valence-electron chi connectivity index (χ3n) is 4.96. The number of nitrogens with one attached hydrogen (secondary N) is 3. The van der Waals surface area contributed by atoms with Crippen LogP contribution in [0.4, 0.5) is 4.79 Å². The smallest absolute Gasteiger partial charge is 0.338 e. The minimum atomic E-state index is -0.566. The molecule has 2 aliphatic heterocycles. The van der Waals surface area contributed by atoms with Crippen LogP contribution in [0.15, 0.2) is 28.8 Å². The van der Waals surface area contributed by atoms with Crippen molar-refractivity contribution in [2.75, 3.05) is 19.7 Å². The Morgan fingerprint density at radius 2 is 2.22 bits per heavy atom. The van der Waals surface area contributed by atoms with Crippen LogP contribution in [0, 0.1) is 0 Å². The largest absolute Gasteiger partial charge is 0.463 e. The van der Waals surface area contributed by atoms with Crippen molar-refractivity contribution in [1.82, 2.24) is 10.6 Å². The number of carbonyl (C=O) groups excluding carboxylic acids is 3. The number of rotatable bonds is 6. The highest BCUT2D eigenvalue weighted by molar-refractivity contribution is 7.10. The number of urea groups is 1. The summed E-state index contributed by atoms with van der Waals surface area (Å²) in [5, 5.41) is 7.47. The quantitative estimate of drug-likeness (QED) is 0.503. The van der Waals surface area contributed by atoms with Gasteiger partial charge in [-0.2, -0.15) is 0 Å². The molecule has 3 rings (SSSR count). The average molecular weight is 393 g/mol. The lowest BCUT2D eigenvalue weighted by Gasteiger charge is -2.34. The maximum absolute atomic E-state index is 12.7. The molecule has 0 radical (unpaired) electrons. The van der Waals surface area contributed by atoms with Crippen LogP contribution in [-0.4, -0.2) is 43.6 Å². The monoisotopic (exact) mass is 393 g/mol. The third-order valence-corrected chi connectivity index (χ3v) is 5.89. The molecule has 3 amide bonds. The number of likely N-dealkylation sites (tertiary alicyclic amines) is 1. The van der Waals surface area contributed by atoms with Crippen LogP contribution in [0.5, 0.6) is 0 Å². The van der Waals surface area contributed by atoms with Gasteiger partial charge in [0.15, 0.2) is 6.04 Å². The van der Waals surface area contributed by atoms with Crippen molar-refractivity contribution in [2.45, 2.75) is 38.3 Å². The van der Waals surface area contributed by atoms with Crippen molar-refractivity contribution < 1.29 is 24.0 Å². The second kappa shape index (κ2) is 8.53. The number of primary amides is 1. The van der Waals surface area contributed by atoms with Gasteiger partial charge in [0, 0.05) is 11.3 Å². The molecule has 0 aromatic carbocycles. The summed E-state index contributed by atoms with van der Waals surface area (Å²) in [4.78, 5) is 38.6. The number of piperidine rings is 1. The van der Waals surface area contributed by atoms with Crippen LogP contribution < -0.4 is 21.3 Å². The Kier molecular flexibility index (Phi) is 6.12. The summed E-state index contributed by atoms with van der Waals surface area (Å²) in [7, 11) is 0. The van der Waals surface area contributed by atoms with E-state index in [0.29, 0.717) is 24.2 Å². The van der Waals surface area contributed by atoms with E-state index in [1.807, 2.05) is 17.5 Å². The molecule has 0 bridgehead atoms. The highest BCUT2D eigenvalue weighted by Crippen LogP contribution is 2.30. The number of ether oxygens (including phenoxy) is 1. The first-order valence-electron chi connectivity index (χ1n) is 9.16. The van der Waals surface area contributed by atoms with Gasteiger partial charge in [-0.3, -0.25) is 4.79 Å². The molecule has 5 N–H and O–H groups in total. The lowest BCUT2D eigenvalue weighted by Crippen LogP contribution is -3.18. The van der Waals surface area contributed by atoms with Crippen LogP contribution in [0.1, 0.15) is 37.1 Å². The van der Waals surface area contributed by atoms with E-state index in [1.54, 1.807) is 6.92 Å². The van der Waals surface area contributed by atoms with Crippen molar-refractivity contribution in [2.24, 2.45) is 5.73 Å². The Labute approximate surface area is 161 Å². The molecule has 0 spiro atoms. The zero-order chi connectivity index (χ0) is 19.4. The minimum Gasteiger partial charge on any atom is -0.463 e. The second-order valence-electron chi connectivity index (χ2n) is 6.70. The molecule has 1 saturated heterocycles. The molecule has 8 nitrogen and oxygen atoms in total. The Morgan fingerprint density at radius 1 is 1.41 bits per heavy atom. The fourth-order valence-electron chi connectivity index (χ4n) is 3.74. The molecule has 9 heteroatoms. The molecule has 1 aromatic heterocycles. The van der Waals surface area contributed by atoms with E-state index in [2.05, 4.69) is 10.6 Å². The van der Waals surface area contributed by atoms with Crippen LogP contribution >= 0.6 is 11.3 Å². The van der Waals surface area contributed by atoms with Crippen molar-refractivity contribution in [3.8, 4) is 0 Å². The molecule has 27 heavy (non-hydrogen) atoms. The van der Waals surface area contributed by atoms with Crippen molar-refractivity contribution in [3.63, 3.8) is 0 Å². The zero-order valence-electron chi connectivity index (χ0n) is 15.2. The van der Waals surface area contributed by atoms with Gasteiger partial charge in [0.25, 0.3) is 5.91 Å². The standard InChI is InChI=1S/C18H24N4O4S/c1-2-26-17(24)14-11(10-22-8-4-3-6-12(22)16(19)23)20-18(25)21-15(14)13-7-5-9-27-13/h5,7,9,12,15H,2-4,6,8,10H2,1H3,(H2,19,23)(H2,20,21,25)/p+1/t12-,15-/m1/s1. The van der Waals surface area contributed by atoms with E-state index in [-0.39, 0.29) is 24.6 Å². The summed E-state index contributed by atoms with van der Waals surface area (Å²) >= 11 is 1.46. The number of hydrogen-bond acceptors (Lipinski definition) is 5. The van der Waals surface area contributed by atoms with Crippen molar-refractivity contribution in [3.05, 3.63) is 33.7 Å². The molecule has 0 aliphatic carbocycles. The summed E-state index contributed by atoms with van der Waals surface area (Å²) < 4.78 is 5.25. The molecular formula is C18H25N4O4S+. The van der Waals surface area contributed by atoms with E-state index < -0.39 is 12.0 Å². The number of hydrogen-bond donors (Lipinski definition) is 4. The van der Waals surface area contributed by atoms with E-state index in [1.165, 1.54) is 11.3 Å². The van der Waals surface area contributed by atoms with Gasteiger partial charge < -0.3 is 26.0 Å². The molecule has 146 valence electrons. The van der Waals surface area contributed by atoms with Gasteiger partial charge in [0.05, 0.1) is 30.5 Å². The van der Waals surface area contributed by atoms with Gasteiger partial charge in [0.2, 0.25) is 0 Å². The zero-order valence-corrected chi connectivity index (χ0v) is 16.1. The third kappa shape index (κ3) is 4.30. The number of amides is 3. The van der Waals surface area contributed by atoms with Crippen LogP contribution in [0.3, 0.4) is 0 Å².